The average Bonchev–Trinajstić information content (AvgIpc) is 2.43. The van der Waals surface area contributed by atoms with E-state index in [4.69, 9.17) is 14.6 Å². The van der Waals surface area contributed by atoms with Gasteiger partial charge in [-0.25, -0.2) is 4.79 Å². The number of hydrogen-bond donors (Lipinski definition) is 2. The first-order valence-corrected chi connectivity index (χ1v) is 5.83. The van der Waals surface area contributed by atoms with Crippen LogP contribution in [-0.4, -0.2) is 37.7 Å². The number of aromatic carboxylic acids is 1. The average molecular weight is 267 g/mol. The van der Waals surface area contributed by atoms with Crippen LogP contribution in [0.3, 0.4) is 0 Å². The molecule has 0 aliphatic heterocycles. The highest BCUT2D eigenvalue weighted by atomic mass is 16.5. The first kappa shape index (κ1) is 14.8. The minimum Gasteiger partial charge on any atom is -0.497 e. The maximum absolute atomic E-state index is 11.1. The molecule has 0 saturated heterocycles. The minimum absolute atomic E-state index is 0.0410. The molecule has 0 spiro atoms. The SMILES string of the molecule is CNC(=O)CCCOc1ccc(OC)cc1C(=O)O. The van der Waals surface area contributed by atoms with Crippen molar-refractivity contribution >= 4 is 11.9 Å². The lowest BCUT2D eigenvalue weighted by Gasteiger charge is -2.10. The topological polar surface area (TPSA) is 84.9 Å². The molecule has 0 aliphatic rings. The Morgan fingerprint density at radius 2 is 2.11 bits per heavy atom. The molecule has 0 heterocycles. The molecular weight excluding hydrogens is 250 g/mol. The number of nitrogens with one attached hydrogen (secondary N) is 1. The predicted molar refractivity (Wildman–Crippen MR) is 68.7 cm³/mol. The number of carbonyl (C=O) groups is 2. The van der Waals surface area contributed by atoms with Crippen LogP contribution < -0.4 is 14.8 Å². The number of ether oxygens (including phenoxy) is 2. The van der Waals surface area contributed by atoms with Crippen LogP contribution in [-0.2, 0) is 4.79 Å². The minimum atomic E-state index is -1.08. The summed E-state index contributed by atoms with van der Waals surface area (Å²) in [5.41, 5.74) is 0.0410. The highest BCUT2D eigenvalue weighted by Crippen LogP contribution is 2.24. The van der Waals surface area contributed by atoms with E-state index in [1.165, 1.54) is 13.2 Å². The van der Waals surface area contributed by atoms with Gasteiger partial charge in [0.2, 0.25) is 5.91 Å². The summed E-state index contributed by atoms with van der Waals surface area (Å²) in [7, 11) is 3.03. The van der Waals surface area contributed by atoms with Crippen molar-refractivity contribution < 1.29 is 24.2 Å². The van der Waals surface area contributed by atoms with E-state index in [9.17, 15) is 9.59 Å². The summed E-state index contributed by atoms with van der Waals surface area (Å²) >= 11 is 0. The van der Waals surface area contributed by atoms with Crippen molar-refractivity contribution in [2.45, 2.75) is 12.8 Å². The fraction of sp³-hybridized carbons (Fsp3) is 0.385. The summed E-state index contributed by atoms with van der Waals surface area (Å²) in [5.74, 6) is -0.433. The first-order chi connectivity index (χ1) is 9.08. The molecule has 1 rings (SSSR count). The number of methoxy groups -OCH3 is 1. The first-order valence-electron chi connectivity index (χ1n) is 5.83. The molecule has 0 aliphatic carbocycles. The Kier molecular flexibility index (Phi) is 5.66. The summed E-state index contributed by atoms with van der Waals surface area (Å²) in [6, 6.07) is 4.57. The number of benzene rings is 1. The molecule has 0 bridgehead atoms. The molecule has 6 heteroatoms. The smallest absolute Gasteiger partial charge is 0.339 e. The van der Waals surface area contributed by atoms with Crippen LogP contribution in [0.4, 0.5) is 0 Å². The number of carbonyl (C=O) groups excluding carboxylic acids is 1. The Labute approximate surface area is 111 Å². The standard InChI is InChI=1S/C13H17NO5/c1-14-12(15)4-3-7-19-11-6-5-9(18-2)8-10(11)13(16)17/h5-6,8H,3-4,7H2,1-2H3,(H,14,15)(H,16,17). The van der Waals surface area contributed by atoms with E-state index in [-0.39, 0.29) is 23.8 Å². The molecule has 0 radical (unpaired) electrons. The molecule has 1 aromatic rings. The Bertz CT molecular complexity index is 458. The molecule has 2 N–H and O–H groups in total. The van der Waals surface area contributed by atoms with Crippen molar-refractivity contribution in [3.05, 3.63) is 23.8 Å². The van der Waals surface area contributed by atoms with E-state index in [2.05, 4.69) is 5.32 Å². The largest absolute Gasteiger partial charge is 0.497 e. The van der Waals surface area contributed by atoms with Gasteiger partial charge in [-0.05, 0) is 24.6 Å². The van der Waals surface area contributed by atoms with Crippen LogP contribution >= 0.6 is 0 Å². The van der Waals surface area contributed by atoms with Gasteiger partial charge in [-0.1, -0.05) is 0 Å². The molecule has 0 aromatic heterocycles. The van der Waals surface area contributed by atoms with Crippen molar-refractivity contribution in [2.24, 2.45) is 0 Å². The monoisotopic (exact) mass is 267 g/mol. The fourth-order valence-electron chi connectivity index (χ4n) is 1.47. The zero-order chi connectivity index (χ0) is 14.3. The second kappa shape index (κ2) is 7.25. The normalized spacial score (nSPS) is 9.79. The molecule has 1 aromatic carbocycles. The molecular formula is C13H17NO5. The number of rotatable bonds is 7. The van der Waals surface area contributed by atoms with Crippen LogP contribution in [0.5, 0.6) is 11.5 Å². The fourth-order valence-corrected chi connectivity index (χ4v) is 1.47. The molecule has 104 valence electrons. The van der Waals surface area contributed by atoms with Gasteiger partial charge in [0, 0.05) is 13.5 Å². The number of amides is 1. The summed E-state index contributed by atoms with van der Waals surface area (Å²) in [4.78, 5) is 22.1. The molecule has 6 nitrogen and oxygen atoms in total. The van der Waals surface area contributed by atoms with Crippen molar-refractivity contribution in [3.63, 3.8) is 0 Å². The Morgan fingerprint density at radius 1 is 1.37 bits per heavy atom. The van der Waals surface area contributed by atoms with Gasteiger partial charge in [0.05, 0.1) is 13.7 Å². The number of carboxylic acids is 1. The van der Waals surface area contributed by atoms with Crippen LogP contribution in [0, 0.1) is 0 Å². The maximum atomic E-state index is 11.1. The molecule has 0 atom stereocenters. The van der Waals surface area contributed by atoms with Crippen LogP contribution in [0.1, 0.15) is 23.2 Å². The third-order valence-electron chi connectivity index (χ3n) is 2.50. The predicted octanol–water partition coefficient (Wildman–Crippen LogP) is 1.30. The Morgan fingerprint density at radius 3 is 2.68 bits per heavy atom. The van der Waals surface area contributed by atoms with Crippen LogP contribution in [0.2, 0.25) is 0 Å². The third kappa shape index (κ3) is 4.50. The third-order valence-corrected chi connectivity index (χ3v) is 2.50. The van der Waals surface area contributed by atoms with Crippen molar-refractivity contribution in [1.82, 2.24) is 5.32 Å². The molecule has 0 fully saturated rings. The Hall–Kier alpha value is -2.24. The summed E-state index contributed by atoms with van der Waals surface area (Å²) < 4.78 is 10.3. The van der Waals surface area contributed by atoms with Gasteiger partial charge in [0.15, 0.2) is 0 Å². The lowest BCUT2D eigenvalue weighted by molar-refractivity contribution is -0.120. The second-order valence-corrected chi connectivity index (χ2v) is 3.79. The second-order valence-electron chi connectivity index (χ2n) is 3.79. The van der Waals surface area contributed by atoms with E-state index in [0.29, 0.717) is 18.6 Å². The summed E-state index contributed by atoms with van der Waals surface area (Å²) in [6.07, 6.45) is 0.861. The van der Waals surface area contributed by atoms with Crippen LogP contribution in [0.25, 0.3) is 0 Å². The molecule has 1 amide bonds. The summed E-state index contributed by atoms with van der Waals surface area (Å²) in [6.45, 7) is 0.278. The van der Waals surface area contributed by atoms with Gasteiger partial charge in [0.25, 0.3) is 0 Å². The zero-order valence-corrected chi connectivity index (χ0v) is 10.9. The highest BCUT2D eigenvalue weighted by molar-refractivity contribution is 5.91. The van der Waals surface area contributed by atoms with E-state index in [1.54, 1.807) is 19.2 Å². The van der Waals surface area contributed by atoms with Gasteiger partial charge in [-0.15, -0.1) is 0 Å². The van der Waals surface area contributed by atoms with E-state index in [1.807, 2.05) is 0 Å². The lowest BCUT2D eigenvalue weighted by atomic mass is 10.2. The number of carboxylic acid groups (broad SMARTS) is 1. The lowest BCUT2D eigenvalue weighted by Crippen LogP contribution is -2.18. The highest BCUT2D eigenvalue weighted by Gasteiger charge is 2.12. The zero-order valence-electron chi connectivity index (χ0n) is 10.9. The van der Waals surface area contributed by atoms with Gasteiger partial charge < -0.3 is 19.9 Å². The van der Waals surface area contributed by atoms with Crippen molar-refractivity contribution in [3.8, 4) is 11.5 Å². The van der Waals surface area contributed by atoms with Gasteiger partial charge in [-0.2, -0.15) is 0 Å². The number of hydrogen-bond acceptors (Lipinski definition) is 4. The molecule has 0 saturated carbocycles. The van der Waals surface area contributed by atoms with Crippen LogP contribution in [0.15, 0.2) is 18.2 Å². The Balaban J connectivity index is 2.62. The molecule has 0 unspecified atom stereocenters. The summed E-state index contributed by atoms with van der Waals surface area (Å²) in [5, 5.41) is 11.6. The molecule has 19 heavy (non-hydrogen) atoms. The van der Waals surface area contributed by atoms with Crippen molar-refractivity contribution in [1.29, 1.82) is 0 Å². The van der Waals surface area contributed by atoms with E-state index in [0.717, 1.165) is 0 Å². The van der Waals surface area contributed by atoms with E-state index >= 15 is 0 Å². The quantitative estimate of drug-likeness (QED) is 0.727. The van der Waals surface area contributed by atoms with Gasteiger partial charge >= 0.3 is 5.97 Å². The van der Waals surface area contributed by atoms with E-state index < -0.39 is 5.97 Å². The van der Waals surface area contributed by atoms with Gasteiger partial charge in [0.1, 0.15) is 17.1 Å². The van der Waals surface area contributed by atoms with Crippen molar-refractivity contribution in [2.75, 3.05) is 20.8 Å². The van der Waals surface area contributed by atoms with Gasteiger partial charge in [-0.3, -0.25) is 4.79 Å². The maximum Gasteiger partial charge on any atom is 0.339 e.